The van der Waals surface area contributed by atoms with Gasteiger partial charge in [0.15, 0.2) is 16.6 Å². The standard InChI is InChI=1S/C16H16N2O3S/c22-16(18-21-10-12-4-2-1-3-5-12)17-9-13-6-7-14-15(8-13)20-11-19-14/h1-8H,9-11H2,(H2,17,18,22). The predicted molar refractivity (Wildman–Crippen MR) is 86.4 cm³/mol. The molecule has 2 aromatic carbocycles. The molecule has 1 aliphatic rings. The van der Waals surface area contributed by atoms with E-state index in [1.807, 2.05) is 48.5 Å². The molecule has 2 N–H and O–H groups in total. The highest BCUT2D eigenvalue weighted by molar-refractivity contribution is 7.80. The first-order valence-corrected chi connectivity index (χ1v) is 7.30. The Morgan fingerprint density at radius 1 is 1.05 bits per heavy atom. The van der Waals surface area contributed by atoms with E-state index in [2.05, 4.69) is 10.8 Å². The van der Waals surface area contributed by atoms with E-state index in [0.29, 0.717) is 18.3 Å². The van der Waals surface area contributed by atoms with E-state index in [9.17, 15) is 0 Å². The summed E-state index contributed by atoms with van der Waals surface area (Å²) < 4.78 is 10.6. The molecule has 0 spiro atoms. The zero-order chi connectivity index (χ0) is 15.2. The number of fused-ring (bicyclic) bond motifs is 1. The molecule has 0 saturated carbocycles. The third-order valence-corrected chi connectivity index (χ3v) is 3.36. The van der Waals surface area contributed by atoms with Crippen molar-refractivity contribution < 1.29 is 14.3 Å². The van der Waals surface area contributed by atoms with Gasteiger partial charge in [0.1, 0.15) is 0 Å². The van der Waals surface area contributed by atoms with Gasteiger partial charge in [-0.1, -0.05) is 36.4 Å². The van der Waals surface area contributed by atoms with Crippen molar-refractivity contribution in [2.24, 2.45) is 0 Å². The number of thiocarbonyl (C=S) groups is 1. The summed E-state index contributed by atoms with van der Waals surface area (Å²) in [6, 6.07) is 15.7. The van der Waals surface area contributed by atoms with Crippen LogP contribution in [0.25, 0.3) is 0 Å². The Hall–Kier alpha value is -2.31. The van der Waals surface area contributed by atoms with Crippen LogP contribution in [-0.4, -0.2) is 11.9 Å². The molecule has 0 unspecified atom stereocenters. The zero-order valence-corrected chi connectivity index (χ0v) is 12.7. The van der Waals surface area contributed by atoms with Gasteiger partial charge in [-0.2, -0.15) is 0 Å². The molecule has 1 heterocycles. The summed E-state index contributed by atoms with van der Waals surface area (Å²) >= 11 is 5.16. The minimum absolute atomic E-state index is 0.277. The fraction of sp³-hybridized carbons (Fsp3) is 0.188. The molecular weight excluding hydrogens is 300 g/mol. The Kier molecular flexibility index (Phi) is 4.72. The number of nitrogens with one attached hydrogen (secondary N) is 2. The number of hydrogen-bond acceptors (Lipinski definition) is 4. The monoisotopic (exact) mass is 316 g/mol. The fourth-order valence-electron chi connectivity index (χ4n) is 2.03. The average Bonchev–Trinajstić information content (AvgIpc) is 3.01. The minimum Gasteiger partial charge on any atom is -0.454 e. The van der Waals surface area contributed by atoms with E-state index in [4.69, 9.17) is 26.5 Å². The molecular formula is C16H16N2O3S. The van der Waals surface area contributed by atoms with E-state index >= 15 is 0 Å². The quantitative estimate of drug-likeness (QED) is 0.653. The van der Waals surface area contributed by atoms with Crippen LogP contribution in [0.4, 0.5) is 0 Å². The zero-order valence-electron chi connectivity index (χ0n) is 11.9. The molecule has 0 amide bonds. The van der Waals surface area contributed by atoms with Crippen LogP contribution in [0.2, 0.25) is 0 Å². The maximum atomic E-state index is 5.35. The molecule has 0 aliphatic carbocycles. The smallest absolute Gasteiger partial charge is 0.231 e. The molecule has 2 aromatic rings. The van der Waals surface area contributed by atoms with Crippen molar-refractivity contribution in [1.29, 1.82) is 0 Å². The summed E-state index contributed by atoms with van der Waals surface area (Å²) in [5.41, 5.74) is 4.85. The van der Waals surface area contributed by atoms with Gasteiger partial charge in [0.05, 0.1) is 6.61 Å². The number of benzene rings is 2. The summed E-state index contributed by atoms with van der Waals surface area (Å²) in [6.07, 6.45) is 0. The van der Waals surface area contributed by atoms with Crippen molar-refractivity contribution >= 4 is 17.3 Å². The Labute approximate surface area is 134 Å². The summed E-state index contributed by atoms with van der Waals surface area (Å²) in [6.45, 7) is 1.31. The molecule has 0 bridgehead atoms. The minimum atomic E-state index is 0.277. The summed E-state index contributed by atoms with van der Waals surface area (Å²) in [5, 5.41) is 3.51. The van der Waals surface area contributed by atoms with E-state index in [1.54, 1.807) is 0 Å². The SMILES string of the molecule is S=C(NCc1ccc2c(c1)OCO2)NOCc1ccccc1. The van der Waals surface area contributed by atoms with Crippen LogP contribution in [0.15, 0.2) is 48.5 Å². The molecule has 1 aliphatic heterocycles. The van der Waals surface area contributed by atoms with Crippen molar-refractivity contribution in [3.8, 4) is 11.5 Å². The van der Waals surface area contributed by atoms with Crippen LogP contribution < -0.4 is 20.3 Å². The topological polar surface area (TPSA) is 51.8 Å². The normalized spacial score (nSPS) is 12.0. The van der Waals surface area contributed by atoms with Gasteiger partial charge in [-0.05, 0) is 35.5 Å². The summed E-state index contributed by atoms with van der Waals surface area (Å²) in [5.74, 6) is 1.54. The molecule has 0 fully saturated rings. The Balaban J connectivity index is 1.41. The highest BCUT2D eigenvalue weighted by atomic mass is 32.1. The van der Waals surface area contributed by atoms with E-state index in [0.717, 1.165) is 22.6 Å². The molecule has 0 atom stereocenters. The maximum absolute atomic E-state index is 5.35. The fourth-order valence-corrected chi connectivity index (χ4v) is 2.16. The van der Waals surface area contributed by atoms with Crippen molar-refractivity contribution in [2.75, 3.05) is 6.79 Å². The molecule has 114 valence electrons. The van der Waals surface area contributed by atoms with Gasteiger partial charge in [0.2, 0.25) is 6.79 Å². The van der Waals surface area contributed by atoms with Gasteiger partial charge >= 0.3 is 0 Å². The first kappa shape index (κ1) is 14.6. The van der Waals surface area contributed by atoms with Gasteiger partial charge in [-0.25, -0.2) is 5.48 Å². The van der Waals surface area contributed by atoms with Crippen molar-refractivity contribution in [2.45, 2.75) is 13.2 Å². The Bertz CT molecular complexity index is 649. The van der Waals surface area contributed by atoms with E-state index in [1.165, 1.54) is 0 Å². The lowest BCUT2D eigenvalue weighted by Crippen LogP contribution is -2.34. The summed E-state index contributed by atoms with van der Waals surface area (Å²) in [4.78, 5) is 5.35. The van der Waals surface area contributed by atoms with Gasteiger partial charge in [-0.3, -0.25) is 4.84 Å². The second kappa shape index (κ2) is 7.11. The molecule has 0 aromatic heterocycles. The second-order valence-corrected chi connectivity index (χ2v) is 5.15. The van der Waals surface area contributed by atoms with Crippen LogP contribution >= 0.6 is 12.2 Å². The van der Waals surface area contributed by atoms with Crippen molar-refractivity contribution in [3.63, 3.8) is 0 Å². The third-order valence-electron chi connectivity index (χ3n) is 3.14. The van der Waals surface area contributed by atoms with Gasteiger partial charge in [0.25, 0.3) is 0 Å². The first-order chi connectivity index (χ1) is 10.8. The van der Waals surface area contributed by atoms with Crippen LogP contribution in [0.5, 0.6) is 11.5 Å². The van der Waals surface area contributed by atoms with E-state index < -0.39 is 0 Å². The lowest BCUT2D eigenvalue weighted by atomic mass is 10.2. The van der Waals surface area contributed by atoms with Crippen LogP contribution in [-0.2, 0) is 18.0 Å². The predicted octanol–water partition coefficient (Wildman–Crippen LogP) is 2.51. The van der Waals surface area contributed by atoms with Gasteiger partial charge < -0.3 is 14.8 Å². The molecule has 3 rings (SSSR count). The first-order valence-electron chi connectivity index (χ1n) is 6.89. The number of rotatable bonds is 5. The van der Waals surface area contributed by atoms with E-state index in [-0.39, 0.29) is 6.79 Å². The molecule has 22 heavy (non-hydrogen) atoms. The van der Waals surface area contributed by atoms with Crippen molar-refractivity contribution in [1.82, 2.24) is 10.8 Å². The Morgan fingerprint density at radius 3 is 2.73 bits per heavy atom. The average molecular weight is 316 g/mol. The van der Waals surface area contributed by atoms with Crippen LogP contribution in [0, 0.1) is 0 Å². The maximum Gasteiger partial charge on any atom is 0.231 e. The highest BCUT2D eigenvalue weighted by Gasteiger charge is 2.12. The molecule has 6 heteroatoms. The Morgan fingerprint density at radius 2 is 1.86 bits per heavy atom. The molecule has 5 nitrogen and oxygen atoms in total. The van der Waals surface area contributed by atoms with Gasteiger partial charge in [0, 0.05) is 6.54 Å². The lowest BCUT2D eigenvalue weighted by molar-refractivity contribution is 0.0705. The number of hydroxylamine groups is 1. The second-order valence-electron chi connectivity index (χ2n) is 4.75. The van der Waals surface area contributed by atoms with Gasteiger partial charge in [-0.15, -0.1) is 0 Å². The number of ether oxygens (including phenoxy) is 2. The molecule has 0 saturated heterocycles. The third kappa shape index (κ3) is 3.87. The lowest BCUT2D eigenvalue weighted by Gasteiger charge is -2.11. The number of hydrogen-bond donors (Lipinski definition) is 2. The van der Waals surface area contributed by atoms with Crippen LogP contribution in [0.3, 0.4) is 0 Å². The summed E-state index contributed by atoms with van der Waals surface area (Å²) in [7, 11) is 0. The molecule has 0 radical (unpaired) electrons. The van der Waals surface area contributed by atoms with Crippen molar-refractivity contribution in [3.05, 3.63) is 59.7 Å². The largest absolute Gasteiger partial charge is 0.454 e. The van der Waals surface area contributed by atoms with Crippen LogP contribution in [0.1, 0.15) is 11.1 Å². The highest BCUT2D eigenvalue weighted by Crippen LogP contribution is 2.32.